The van der Waals surface area contributed by atoms with Crippen LogP contribution < -0.4 is 5.32 Å². The Bertz CT molecular complexity index is 820. The number of halogens is 2. The van der Waals surface area contributed by atoms with Gasteiger partial charge in [-0.25, -0.2) is 8.78 Å². The van der Waals surface area contributed by atoms with Gasteiger partial charge in [-0.1, -0.05) is 12.1 Å². The number of carbonyl (C=O) groups excluding carboxylic acids is 1. The number of hydrogen-bond donors (Lipinski definition) is 1. The number of benzene rings is 2. The summed E-state index contributed by atoms with van der Waals surface area (Å²) in [4.78, 5) is 12.3. The Labute approximate surface area is 123 Å². The zero-order valence-corrected chi connectivity index (χ0v) is 11.1. The van der Waals surface area contributed by atoms with Gasteiger partial charge in [-0.15, -0.1) is 5.10 Å². The fourth-order valence-corrected chi connectivity index (χ4v) is 1.92. The van der Waals surface area contributed by atoms with Crippen molar-refractivity contribution >= 4 is 11.6 Å². The van der Waals surface area contributed by atoms with E-state index in [-0.39, 0.29) is 11.3 Å². The second-order valence-electron chi connectivity index (χ2n) is 4.35. The quantitative estimate of drug-likeness (QED) is 0.805. The molecule has 6 nitrogen and oxygen atoms in total. The Morgan fingerprint density at radius 1 is 1.14 bits per heavy atom. The molecule has 1 N–H and O–H groups in total. The summed E-state index contributed by atoms with van der Waals surface area (Å²) in [6.07, 6.45) is 1.34. The lowest BCUT2D eigenvalue weighted by Crippen LogP contribution is -2.16. The van der Waals surface area contributed by atoms with Crippen LogP contribution in [-0.2, 0) is 0 Å². The average molecular weight is 301 g/mol. The van der Waals surface area contributed by atoms with Crippen molar-refractivity contribution in [1.82, 2.24) is 20.2 Å². The molecule has 0 atom stereocenters. The lowest BCUT2D eigenvalue weighted by Gasteiger charge is -2.10. The number of nitrogens with one attached hydrogen (secondary N) is 1. The summed E-state index contributed by atoms with van der Waals surface area (Å²) in [7, 11) is 0. The highest BCUT2D eigenvalue weighted by Gasteiger charge is 2.15. The molecule has 0 fully saturated rings. The number of tetrazole rings is 1. The molecule has 1 heterocycles. The van der Waals surface area contributed by atoms with Crippen LogP contribution in [-0.4, -0.2) is 26.1 Å². The monoisotopic (exact) mass is 301 g/mol. The lowest BCUT2D eigenvalue weighted by atomic mass is 10.1. The van der Waals surface area contributed by atoms with Crippen LogP contribution in [0.15, 0.2) is 48.8 Å². The molecule has 0 saturated heterocycles. The zero-order chi connectivity index (χ0) is 15.5. The first kappa shape index (κ1) is 13.8. The number of hydrogen-bond acceptors (Lipinski definition) is 4. The Morgan fingerprint density at radius 2 is 1.95 bits per heavy atom. The molecular weight excluding hydrogens is 292 g/mol. The number of carbonyl (C=O) groups is 1. The highest BCUT2D eigenvalue weighted by atomic mass is 19.1. The summed E-state index contributed by atoms with van der Waals surface area (Å²) in [6.45, 7) is 0. The highest BCUT2D eigenvalue weighted by molar-refractivity contribution is 6.06. The SMILES string of the molecule is O=C(Nc1ccc(F)cc1F)c1ccccc1-n1cnnn1. The smallest absolute Gasteiger partial charge is 0.257 e. The third-order valence-electron chi connectivity index (χ3n) is 2.92. The van der Waals surface area contributed by atoms with Gasteiger partial charge in [-0.3, -0.25) is 4.79 Å². The predicted octanol–water partition coefficient (Wildman–Crippen LogP) is 2.19. The van der Waals surface area contributed by atoms with Crippen LogP contribution in [0.25, 0.3) is 5.69 Å². The van der Waals surface area contributed by atoms with Crippen LogP contribution in [0.4, 0.5) is 14.5 Å². The van der Waals surface area contributed by atoms with E-state index in [1.54, 1.807) is 24.3 Å². The molecule has 0 spiro atoms. The molecule has 8 heteroatoms. The minimum atomic E-state index is -0.853. The average Bonchev–Trinajstić information content (AvgIpc) is 3.04. The molecule has 110 valence electrons. The normalized spacial score (nSPS) is 10.5. The van der Waals surface area contributed by atoms with Gasteiger partial charge in [0.15, 0.2) is 0 Å². The fraction of sp³-hybridized carbons (Fsp3) is 0. The van der Waals surface area contributed by atoms with Crippen molar-refractivity contribution in [2.75, 3.05) is 5.32 Å². The maximum absolute atomic E-state index is 13.6. The van der Waals surface area contributed by atoms with E-state index in [1.807, 2.05) is 0 Å². The van der Waals surface area contributed by atoms with E-state index < -0.39 is 17.5 Å². The molecule has 0 saturated carbocycles. The lowest BCUT2D eigenvalue weighted by molar-refractivity contribution is 0.102. The number of rotatable bonds is 3. The van der Waals surface area contributed by atoms with Gasteiger partial charge in [-0.05, 0) is 34.7 Å². The zero-order valence-electron chi connectivity index (χ0n) is 11.1. The molecule has 1 amide bonds. The van der Waals surface area contributed by atoms with Crippen LogP contribution in [0.5, 0.6) is 0 Å². The number of nitrogens with zero attached hydrogens (tertiary/aromatic N) is 4. The van der Waals surface area contributed by atoms with Gasteiger partial charge in [0.1, 0.15) is 18.0 Å². The van der Waals surface area contributed by atoms with E-state index in [0.29, 0.717) is 11.8 Å². The summed E-state index contributed by atoms with van der Waals surface area (Å²) in [6, 6.07) is 9.48. The van der Waals surface area contributed by atoms with Crippen molar-refractivity contribution in [3.05, 3.63) is 66.0 Å². The summed E-state index contributed by atoms with van der Waals surface area (Å²) in [5.74, 6) is -2.13. The van der Waals surface area contributed by atoms with Crippen molar-refractivity contribution in [1.29, 1.82) is 0 Å². The molecule has 0 aliphatic heterocycles. The number of anilines is 1. The number of para-hydroxylation sites is 1. The maximum atomic E-state index is 13.6. The molecule has 3 aromatic rings. The van der Waals surface area contributed by atoms with Crippen molar-refractivity contribution in [2.45, 2.75) is 0 Å². The standard InChI is InChI=1S/C14H9F2N5O/c15-9-5-6-12(11(16)7-9)18-14(22)10-3-1-2-4-13(10)21-8-17-19-20-21/h1-8H,(H,18,22). The van der Waals surface area contributed by atoms with Gasteiger partial charge in [0.05, 0.1) is 16.9 Å². The Kier molecular flexibility index (Phi) is 3.57. The third-order valence-corrected chi connectivity index (χ3v) is 2.92. The Hall–Kier alpha value is -3.16. The number of aromatic nitrogens is 4. The summed E-state index contributed by atoms with van der Waals surface area (Å²) >= 11 is 0. The van der Waals surface area contributed by atoms with E-state index in [0.717, 1.165) is 12.1 Å². The molecule has 1 aromatic heterocycles. The number of amides is 1. The van der Waals surface area contributed by atoms with E-state index in [9.17, 15) is 13.6 Å². The third kappa shape index (κ3) is 2.66. The van der Waals surface area contributed by atoms with E-state index in [4.69, 9.17) is 0 Å². The van der Waals surface area contributed by atoms with E-state index >= 15 is 0 Å². The van der Waals surface area contributed by atoms with Gasteiger partial charge in [0.2, 0.25) is 0 Å². The fourth-order valence-electron chi connectivity index (χ4n) is 1.92. The summed E-state index contributed by atoms with van der Waals surface area (Å²) in [5.41, 5.74) is 0.573. The summed E-state index contributed by atoms with van der Waals surface area (Å²) in [5, 5.41) is 13.1. The molecular formula is C14H9F2N5O. The van der Waals surface area contributed by atoms with Crippen molar-refractivity contribution < 1.29 is 13.6 Å². The molecule has 0 aliphatic carbocycles. The molecule has 0 unspecified atom stereocenters. The van der Waals surface area contributed by atoms with E-state index in [2.05, 4.69) is 20.8 Å². The molecule has 2 aromatic carbocycles. The first-order valence-electron chi connectivity index (χ1n) is 6.24. The van der Waals surface area contributed by atoms with Gasteiger partial charge < -0.3 is 5.32 Å². The van der Waals surface area contributed by atoms with Crippen molar-refractivity contribution in [3.63, 3.8) is 0 Å². The van der Waals surface area contributed by atoms with Crippen molar-refractivity contribution in [2.24, 2.45) is 0 Å². The Morgan fingerprint density at radius 3 is 2.68 bits per heavy atom. The van der Waals surface area contributed by atoms with Crippen LogP contribution in [0.3, 0.4) is 0 Å². The minimum Gasteiger partial charge on any atom is -0.319 e. The molecule has 0 radical (unpaired) electrons. The molecule has 0 aliphatic rings. The van der Waals surface area contributed by atoms with Crippen molar-refractivity contribution in [3.8, 4) is 5.69 Å². The maximum Gasteiger partial charge on any atom is 0.257 e. The van der Waals surface area contributed by atoms with Gasteiger partial charge >= 0.3 is 0 Å². The van der Waals surface area contributed by atoms with Crippen LogP contribution in [0.1, 0.15) is 10.4 Å². The van der Waals surface area contributed by atoms with Crippen LogP contribution in [0, 0.1) is 11.6 Å². The largest absolute Gasteiger partial charge is 0.319 e. The molecule has 22 heavy (non-hydrogen) atoms. The molecule has 0 bridgehead atoms. The first-order chi connectivity index (χ1) is 10.6. The van der Waals surface area contributed by atoms with Gasteiger partial charge in [-0.2, -0.15) is 4.68 Å². The van der Waals surface area contributed by atoms with Crippen LogP contribution in [0.2, 0.25) is 0 Å². The highest BCUT2D eigenvalue weighted by Crippen LogP contribution is 2.18. The topological polar surface area (TPSA) is 72.7 Å². The molecule has 3 rings (SSSR count). The second-order valence-corrected chi connectivity index (χ2v) is 4.35. The van der Waals surface area contributed by atoms with Crippen LogP contribution >= 0.6 is 0 Å². The first-order valence-corrected chi connectivity index (χ1v) is 6.24. The van der Waals surface area contributed by atoms with E-state index in [1.165, 1.54) is 11.0 Å². The van der Waals surface area contributed by atoms with Gasteiger partial charge in [0.25, 0.3) is 5.91 Å². The second kappa shape index (κ2) is 5.68. The van der Waals surface area contributed by atoms with Gasteiger partial charge in [0, 0.05) is 6.07 Å². The Balaban J connectivity index is 1.93. The predicted molar refractivity (Wildman–Crippen MR) is 73.5 cm³/mol. The summed E-state index contributed by atoms with van der Waals surface area (Å²) < 4.78 is 27.8. The minimum absolute atomic E-state index is 0.113.